The van der Waals surface area contributed by atoms with E-state index in [4.69, 9.17) is 0 Å². The number of anilines is 3. The summed E-state index contributed by atoms with van der Waals surface area (Å²) in [6, 6.07) is 13.2. The second kappa shape index (κ2) is 8.75. The zero-order valence-corrected chi connectivity index (χ0v) is 19.3. The van der Waals surface area contributed by atoms with Gasteiger partial charge >= 0.3 is 0 Å². The van der Waals surface area contributed by atoms with E-state index in [9.17, 15) is 18.0 Å². The van der Waals surface area contributed by atoms with E-state index in [0.29, 0.717) is 35.9 Å². The van der Waals surface area contributed by atoms with Crippen LogP contribution in [0.5, 0.6) is 0 Å². The molecule has 0 unspecified atom stereocenters. The molecule has 0 spiro atoms. The lowest BCUT2D eigenvalue weighted by molar-refractivity contribution is -0.118. The van der Waals surface area contributed by atoms with E-state index in [0.717, 1.165) is 9.82 Å². The Morgan fingerprint density at radius 1 is 1.00 bits per heavy atom. The molecule has 1 aliphatic rings. The summed E-state index contributed by atoms with van der Waals surface area (Å²) in [7, 11) is -0.675. The predicted molar refractivity (Wildman–Crippen MR) is 126 cm³/mol. The van der Waals surface area contributed by atoms with Crippen LogP contribution in [0.4, 0.5) is 17.3 Å². The number of carbonyl (C=O) groups excluding carboxylic acids is 2. The van der Waals surface area contributed by atoms with Crippen LogP contribution in [0.3, 0.4) is 0 Å². The number of para-hydroxylation sites is 2. The zero-order chi connectivity index (χ0) is 23.8. The van der Waals surface area contributed by atoms with Crippen LogP contribution in [0.15, 0.2) is 53.4 Å². The van der Waals surface area contributed by atoms with Crippen LogP contribution in [0.1, 0.15) is 6.92 Å². The Labute approximate surface area is 191 Å². The quantitative estimate of drug-likeness (QED) is 0.606. The molecule has 2 aromatic carbocycles. The highest BCUT2D eigenvalue weighted by Gasteiger charge is 2.31. The first-order valence-electron chi connectivity index (χ1n) is 10.3. The summed E-state index contributed by atoms with van der Waals surface area (Å²) in [5.74, 6) is 0.344. The normalized spacial score (nSPS) is 13.8. The van der Waals surface area contributed by atoms with Gasteiger partial charge in [0, 0.05) is 39.8 Å². The number of hydrogen-bond acceptors (Lipinski definition) is 7. The third-order valence-corrected chi connectivity index (χ3v) is 7.17. The van der Waals surface area contributed by atoms with Crippen molar-refractivity contribution in [3.63, 3.8) is 0 Å². The molecule has 1 aromatic heterocycles. The highest BCUT2D eigenvalue weighted by atomic mass is 32.2. The van der Waals surface area contributed by atoms with Crippen molar-refractivity contribution >= 4 is 50.2 Å². The monoisotopic (exact) mass is 468 g/mol. The van der Waals surface area contributed by atoms with Gasteiger partial charge in [-0.1, -0.05) is 12.1 Å². The third-order valence-electron chi connectivity index (χ3n) is 5.35. The van der Waals surface area contributed by atoms with E-state index < -0.39 is 15.9 Å². The Balaban J connectivity index is 1.56. The lowest BCUT2D eigenvalue weighted by Crippen LogP contribution is -2.47. The van der Waals surface area contributed by atoms with Crippen LogP contribution in [0.2, 0.25) is 0 Å². The van der Waals surface area contributed by atoms with E-state index in [1.165, 1.54) is 43.1 Å². The van der Waals surface area contributed by atoms with Gasteiger partial charge in [-0.2, -0.15) is 4.31 Å². The first-order valence-corrected chi connectivity index (χ1v) is 11.7. The summed E-state index contributed by atoms with van der Waals surface area (Å²) in [6.45, 7) is 1.93. The van der Waals surface area contributed by atoms with Crippen molar-refractivity contribution in [2.75, 3.05) is 48.8 Å². The molecule has 0 bridgehead atoms. The SMILES string of the molecule is CC(=O)Nc1ccc(S(=O)(=O)N(C)CC(=O)N2CCN(C)c3nc4ccccc4nc32)cc1. The maximum Gasteiger partial charge on any atom is 0.243 e. The van der Waals surface area contributed by atoms with Crippen LogP contribution in [0.25, 0.3) is 11.0 Å². The molecular formula is C22H24N6O4S. The Kier molecular flexibility index (Phi) is 6.00. The minimum atomic E-state index is -3.91. The first-order chi connectivity index (χ1) is 15.7. The summed E-state index contributed by atoms with van der Waals surface area (Å²) in [6.07, 6.45) is 0. The summed E-state index contributed by atoms with van der Waals surface area (Å²) < 4.78 is 27.0. The van der Waals surface area contributed by atoms with Gasteiger partial charge in [-0.25, -0.2) is 18.4 Å². The fourth-order valence-corrected chi connectivity index (χ4v) is 4.70. The van der Waals surface area contributed by atoms with Crippen molar-refractivity contribution in [2.24, 2.45) is 0 Å². The minimum absolute atomic E-state index is 0.0245. The summed E-state index contributed by atoms with van der Waals surface area (Å²) >= 11 is 0. The van der Waals surface area contributed by atoms with Crippen molar-refractivity contribution in [1.82, 2.24) is 14.3 Å². The maximum absolute atomic E-state index is 13.2. The lowest BCUT2D eigenvalue weighted by Gasteiger charge is -2.34. The van der Waals surface area contributed by atoms with E-state index in [1.807, 2.05) is 36.2 Å². The second-order valence-electron chi connectivity index (χ2n) is 7.79. The molecule has 1 aliphatic heterocycles. The number of nitrogens with one attached hydrogen (secondary N) is 1. The lowest BCUT2D eigenvalue weighted by atomic mass is 10.2. The largest absolute Gasteiger partial charge is 0.355 e. The van der Waals surface area contributed by atoms with Gasteiger partial charge in [0.15, 0.2) is 11.6 Å². The Morgan fingerprint density at radius 2 is 1.61 bits per heavy atom. The third kappa shape index (κ3) is 4.50. The van der Waals surface area contributed by atoms with Crippen LogP contribution in [-0.4, -0.2) is 68.2 Å². The average Bonchev–Trinajstić information content (AvgIpc) is 2.78. The molecule has 0 saturated heterocycles. The number of fused-ring (bicyclic) bond motifs is 2. The maximum atomic E-state index is 13.2. The molecule has 2 heterocycles. The topological polar surface area (TPSA) is 116 Å². The molecule has 0 aliphatic carbocycles. The van der Waals surface area contributed by atoms with Crippen molar-refractivity contribution in [3.05, 3.63) is 48.5 Å². The van der Waals surface area contributed by atoms with Gasteiger partial charge in [-0.05, 0) is 36.4 Å². The molecule has 172 valence electrons. The fraction of sp³-hybridized carbons (Fsp3) is 0.273. The molecule has 0 fully saturated rings. The van der Waals surface area contributed by atoms with Gasteiger partial charge in [0.1, 0.15) is 0 Å². The highest BCUT2D eigenvalue weighted by Crippen LogP contribution is 2.31. The highest BCUT2D eigenvalue weighted by molar-refractivity contribution is 7.89. The first kappa shape index (κ1) is 22.6. The molecule has 3 aromatic rings. The number of benzene rings is 2. The molecule has 4 rings (SSSR count). The Hall–Kier alpha value is -3.57. The summed E-state index contributed by atoms with van der Waals surface area (Å²) in [5, 5.41) is 2.59. The minimum Gasteiger partial charge on any atom is -0.355 e. The number of hydrogen-bond donors (Lipinski definition) is 1. The van der Waals surface area contributed by atoms with Gasteiger partial charge < -0.3 is 10.2 Å². The number of rotatable bonds is 5. The van der Waals surface area contributed by atoms with Crippen LogP contribution in [-0.2, 0) is 19.6 Å². The molecule has 11 heteroatoms. The zero-order valence-electron chi connectivity index (χ0n) is 18.5. The molecule has 1 N–H and O–H groups in total. The van der Waals surface area contributed by atoms with Gasteiger partial charge in [0.05, 0.1) is 22.5 Å². The number of sulfonamides is 1. The van der Waals surface area contributed by atoms with Gasteiger partial charge in [0.2, 0.25) is 21.8 Å². The summed E-state index contributed by atoms with van der Waals surface area (Å²) in [4.78, 5) is 37.0. The van der Waals surface area contributed by atoms with Crippen LogP contribution < -0.4 is 15.1 Å². The number of likely N-dealkylation sites (N-methyl/N-ethyl adjacent to an activating group) is 2. The molecule has 33 heavy (non-hydrogen) atoms. The van der Waals surface area contributed by atoms with Gasteiger partial charge in [-0.15, -0.1) is 0 Å². The van der Waals surface area contributed by atoms with Crippen molar-refractivity contribution < 1.29 is 18.0 Å². The fourth-order valence-electron chi connectivity index (χ4n) is 3.58. The van der Waals surface area contributed by atoms with Crippen molar-refractivity contribution in [3.8, 4) is 0 Å². The van der Waals surface area contributed by atoms with E-state index >= 15 is 0 Å². The molecule has 0 atom stereocenters. The number of carbonyl (C=O) groups is 2. The van der Waals surface area contributed by atoms with Gasteiger partial charge in [-0.3, -0.25) is 14.5 Å². The molecule has 2 amide bonds. The molecular weight excluding hydrogens is 444 g/mol. The number of amides is 2. The van der Waals surface area contributed by atoms with Crippen molar-refractivity contribution in [2.45, 2.75) is 11.8 Å². The number of aromatic nitrogens is 2. The Morgan fingerprint density at radius 3 is 2.21 bits per heavy atom. The Bertz CT molecular complexity index is 1330. The van der Waals surface area contributed by atoms with Crippen molar-refractivity contribution in [1.29, 1.82) is 0 Å². The van der Waals surface area contributed by atoms with Gasteiger partial charge in [0.25, 0.3) is 0 Å². The smallest absolute Gasteiger partial charge is 0.243 e. The predicted octanol–water partition coefficient (Wildman–Crippen LogP) is 1.69. The molecule has 10 nitrogen and oxygen atoms in total. The second-order valence-corrected chi connectivity index (χ2v) is 9.84. The van der Waals surface area contributed by atoms with E-state index in [1.54, 1.807) is 0 Å². The average molecular weight is 469 g/mol. The van der Waals surface area contributed by atoms with E-state index in [-0.39, 0.29) is 17.3 Å². The molecule has 0 radical (unpaired) electrons. The van der Waals surface area contributed by atoms with E-state index in [2.05, 4.69) is 15.3 Å². The van der Waals surface area contributed by atoms with Crippen LogP contribution in [0, 0.1) is 0 Å². The number of nitrogens with zero attached hydrogens (tertiary/aromatic N) is 5. The standard InChI is InChI=1S/C22H24N6O4S/c1-15(29)23-16-8-10-17(11-9-16)33(31,32)27(3)14-20(30)28-13-12-26(2)21-22(28)25-19-7-5-4-6-18(19)24-21/h4-11H,12-14H2,1-3H3,(H,23,29). The van der Waals surface area contributed by atoms with Crippen LogP contribution >= 0.6 is 0 Å². The molecule has 0 saturated carbocycles. The summed E-state index contributed by atoms with van der Waals surface area (Å²) in [5.41, 5.74) is 1.87.